The largest absolute Gasteiger partial charge is 0.497 e. The van der Waals surface area contributed by atoms with Crippen LogP contribution in [0.3, 0.4) is 0 Å². The van der Waals surface area contributed by atoms with Crippen molar-refractivity contribution < 1.29 is 14.3 Å². The zero-order chi connectivity index (χ0) is 20.2. The summed E-state index contributed by atoms with van der Waals surface area (Å²) >= 11 is 1.50. The average molecular weight is 406 g/mol. The molecular weight excluding hydrogens is 388 g/mol. The Hall–Kier alpha value is -3.65. The van der Waals surface area contributed by atoms with Gasteiger partial charge in [0.1, 0.15) is 5.75 Å². The van der Waals surface area contributed by atoms with Crippen LogP contribution in [-0.4, -0.2) is 35.0 Å². The molecule has 2 N–H and O–H groups in total. The standard InChI is InChI=1S/C21H18N4O3S/c1-28-16-7-5-15(6-8-16)23-19(26)13-22-20(27)14-4-9-17-18(12-14)29-21(24-17)25-10-2-3-11-25/h2-12H,13H2,1H3,(H,22,27)(H,23,26). The number of ether oxygens (including phenoxy) is 1. The van der Waals surface area contributed by atoms with Crippen LogP contribution in [0.25, 0.3) is 15.3 Å². The average Bonchev–Trinajstić information content (AvgIpc) is 3.41. The fraction of sp³-hybridized carbons (Fsp3) is 0.0952. The third kappa shape index (κ3) is 4.27. The lowest BCUT2D eigenvalue weighted by Crippen LogP contribution is -2.32. The van der Waals surface area contributed by atoms with Crippen molar-refractivity contribution >= 4 is 39.1 Å². The molecule has 0 saturated heterocycles. The third-order valence-electron chi connectivity index (χ3n) is 4.25. The van der Waals surface area contributed by atoms with E-state index in [-0.39, 0.29) is 18.4 Å². The molecule has 0 fully saturated rings. The molecule has 146 valence electrons. The molecule has 0 atom stereocenters. The Morgan fingerprint density at radius 2 is 1.86 bits per heavy atom. The highest BCUT2D eigenvalue weighted by molar-refractivity contribution is 7.20. The molecule has 0 saturated carbocycles. The Morgan fingerprint density at radius 3 is 2.59 bits per heavy atom. The molecule has 2 amide bonds. The summed E-state index contributed by atoms with van der Waals surface area (Å²) in [7, 11) is 1.58. The highest BCUT2D eigenvalue weighted by atomic mass is 32.1. The highest BCUT2D eigenvalue weighted by Gasteiger charge is 2.12. The summed E-state index contributed by atoms with van der Waals surface area (Å²) in [5.74, 6) is 0.0830. The fourth-order valence-corrected chi connectivity index (χ4v) is 3.74. The lowest BCUT2D eigenvalue weighted by Gasteiger charge is -2.08. The monoisotopic (exact) mass is 406 g/mol. The van der Waals surface area contributed by atoms with E-state index in [0.29, 0.717) is 17.0 Å². The minimum absolute atomic E-state index is 0.125. The van der Waals surface area contributed by atoms with E-state index in [1.165, 1.54) is 11.3 Å². The van der Waals surface area contributed by atoms with Crippen LogP contribution in [0.1, 0.15) is 10.4 Å². The van der Waals surface area contributed by atoms with Crippen molar-refractivity contribution in [2.75, 3.05) is 19.0 Å². The van der Waals surface area contributed by atoms with E-state index in [2.05, 4.69) is 15.6 Å². The predicted molar refractivity (Wildman–Crippen MR) is 113 cm³/mol. The second-order valence-electron chi connectivity index (χ2n) is 6.23. The second-order valence-corrected chi connectivity index (χ2v) is 7.24. The van der Waals surface area contributed by atoms with Gasteiger partial charge in [-0.3, -0.25) is 9.59 Å². The first-order chi connectivity index (χ1) is 14.1. The number of rotatable bonds is 6. The number of carbonyl (C=O) groups is 2. The molecule has 0 aliphatic heterocycles. The van der Waals surface area contributed by atoms with Gasteiger partial charge in [0.2, 0.25) is 5.91 Å². The molecule has 0 aliphatic rings. The molecule has 2 heterocycles. The SMILES string of the molecule is COc1ccc(NC(=O)CNC(=O)c2ccc3nc(-n4cccc4)sc3c2)cc1. The van der Waals surface area contributed by atoms with Crippen LogP contribution >= 0.6 is 11.3 Å². The lowest BCUT2D eigenvalue weighted by molar-refractivity contribution is -0.115. The van der Waals surface area contributed by atoms with Gasteiger partial charge in [0.05, 0.1) is 23.9 Å². The van der Waals surface area contributed by atoms with Gasteiger partial charge in [-0.25, -0.2) is 4.98 Å². The van der Waals surface area contributed by atoms with Crippen molar-refractivity contribution in [1.29, 1.82) is 0 Å². The maximum atomic E-state index is 12.4. The highest BCUT2D eigenvalue weighted by Crippen LogP contribution is 2.26. The number of aromatic nitrogens is 2. The predicted octanol–water partition coefficient (Wildman–Crippen LogP) is 3.46. The minimum atomic E-state index is -0.312. The molecule has 0 unspecified atom stereocenters. The van der Waals surface area contributed by atoms with Crippen LogP contribution in [0.2, 0.25) is 0 Å². The molecule has 8 heteroatoms. The first-order valence-electron chi connectivity index (χ1n) is 8.88. The zero-order valence-electron chi connectivity index (χ0n) is 15.6. The van der Waals surface area contributed by atoms with Crippen LogP contribution in [0.15, 0.2) is 67.0 Å². The fourth-order valence-electron chi connectivity index (χ4n) is 2.77. The Bertz CT molecular complexity index is 1150. The molecule has 2 aromatic carbocycles. The van der Waals surface area contributed by atoms with Crippen LogP contribution in [0.4, 0.5) is 5.69 Å². The Balaban J connectivity index is 1.38. The van der Waals surface area contributed by atoms with Crippen LogP contribution in [-0.2, 0) is 4.79 Å². The number of carbonyl (C=O) groups excluding carboxylic acids is 2. The van der Waals surface area contributed by atoms with E-state index < -0.39 is 0 Å². The number of amides is 2. The van der Waals surface area contributed by atoms with Gasteiger partial charge >= 0.3 is 0 Å². The summed E-state index contributed by atoms with van der Waals surface area (Å²) in [6.07, 6.45) is 3.85. The molecule has 2 aromatic heterocycles. The van der Waals surface area contributed by atoms with Crippen molar-refractivity contribution in [3.05, 3.63) is 72.6 Å². The van der Waals surface area contributed by atoms with E-state index in [1.54, 1.807) is 43.5 Å². The lowest BCUT2D eigenvalue weighted by atomic mass is 10.2. The summed E-state index contributed by atoms with van der Waals surface area (Å²) in [6, 6.07) is 16.1. The minimum Gasteiger partial charge on any atom is -0.497 e. The topological polar surface area (TPSA) is 85.2 Å². The number of fused-ring (bicyclic) bond motifs is 1. The van der Waals surface area contributed by atoms with Crippen molar-refractivity contribution in [3.63, 3.8) is 0 Å². The zero-order valence-corrected chi connectivity index (χ0v) is 16.4. The molecule has 0 radical (unpaired) electrons. The van der Waals surface area contributed by atoms with Gasteiger partial charge < -0.3 is 19.9 Å². The number of nitrogens with zero attached hydrogens (tertiary/aromatic N) is 2. The van der Waals surface area contributed by atoms with Gasteiger partial charge in [0.25, 0.3) is 5.91 Å². The van der Waals surface area contributed by atoms with E-state index in [1.807, 2.05) is 35.2 Å². The number of hydrogen-bond donors (Lipinski definition) is 2. The Labute approximate surface area is 171 Å². The Kier molecular flexibility index (Phi) is 5.26. The van der Waals surface area contributed by atoms with Gasteiger partial charge in [-0.1, -0.05) is 11.3 Å². The van der Waals surface area contributed by atoms with Crippen LogP contribution < -0.4 is 15.4 Å². The third-order valence-corrected chi connectivity index (χ3v) is 5.28. The maximum absolute atomic E-state index is 12.4. The number of hydrogen-bond acceptors (Lipinski definition) is 5. The second kappa shape index (κ2) is 8.15. The molecule has 4 rings (SSSR count). The van der Waals surface area contributed by atoms with E-state index in [9.17, 15) is 9.59 Å². The summed E-state index contributed by atoms with van der Waals surface area (Å²) < 4.78 is 7.91. The van der Waals surface area contributed by atoms with Gasteiger partial charge in [-0.05, 0) is 54.6 Å². The number of anilines is 1. The molecular formula is C21H18N4O3S. The van der Waals surface area contributed by atoms with Crippen LogP contribution in [0, 0.1) is 0 Å². The molecule has 0 spiro atoms. The maximum Gasteiger partial charge on any atom is 0.251 e. The molecule has 0 bridgehead atoms. The van der Waals surface area contributed by atoms with E-state index >= 15 is 0 Å². The molecule has 4 aromatic rings. The summed E-state index contributed by atoms with van der Waals surface area (Å²) in [4.78, 5) is 29.1. The summed E-state index contributed by atoms with van der Waals surface area (Å²) in [5, 5.41) is 6.21. The van der Waals surface area contributed by atoms with Crippen molar-refractivity contribution in [1.82, 2.24) is 14.9 Å². The summed E-state index contributed by atoms with van der Waals surface area (Å²) in [6.45, 7) is -0.125. The van der Waals surface area contributed by atoms with Gasteiger partial charge in [0, 0.05) is 23.6 Å². The van der Waals surface area contributed by atoms with E-state index in [0.717, 1.165) is 15.3 Å². The number of methoxy groups -OCH3 is 1. The smallest absolute Gasteiger partial charge is 0.251 e. The number of nitrogens with one attached hydrogen (secondary N) is 2. The first-order valence-corrected chi connectivity index (χ1v) is 9.70. The normalized spacial score (nSPS) is 10.7. The number of benzene rings is 2. The first kappa shape index (κ1) is 18.7. The quantitative estimate of drug-likeness (QED) is 0.514. The van der Waals surface area contributed by atoms with Crippen molar-refractivity contribution in [2.45, 2.75) is 0 Å². The molecule has 7 nitrogen and oxygen atoms in total. The van der Waals surface area contributed by atoms with Crippen LogP contribution in [0.5, 0.6) is 5.75 Å². The molecule has 29 heavy (non-hydrogen) atoms. The van der Waals surface area contributed by atoms with Gasteiger partial charge in [0.15, 0.2) is 5.13 Å². The van der Waals surface area contributed by atoms with Gasteiger partial charge in [-0.2, -0.15) is 0 Å². The van der Waals surface area contributed by atoms with Gasteiger partial charge in [-0.15, -0.1) is 0 Å². The molecule has 0 aliphatic carbocycles. The van der Waals surface area contributed by atoms with E-state index in [4.69, 9.17) is 4.74 Å². The Morgan fingerprint density at radius 1 is 1.10 bits per heavy atom. The van der Waals surface area contributed by atoms with Crippen molar-refractivity contribution in [2.24, 2.45) is 0 Å². The number of thiazole rings is 1. The summed E-state index contributed by atoms with van der Waals surface area (Å²) in [5.41, 5.74) is 1.94. The van der Waals surface area contributed by atoms with Crippen molar-refractivity contribution in [3.8, 4) is 10.9 Å².